The zero-order valence-electron chi connectivity index (χ0n) is 17.8. The van der Waals surface area contributed by atoms with Crippen molar-refractivity contribution in [3.05, 3.63) is 59.7 Å². The molecule has 164 valence electrons. The van der Waals surface area contributed by atoms with Crippen LogP contribution in [0.4, 0.5) is 4.79 Å². The summed E-state index contributed by atoms with van der Waals surface area (Å²) in [5, 5.41) is 14.3. The van der Waals surface area contributed by atoms with Crippen LogP contribution in [0, 0.1) is 5.41 Å². The molecule has 0 atom stereocenters. The highest BCUT2D eigenvalue weighted by molar-refractivity contribution is 5.79. The van der Waals surface area contributed by atoms with E-state index in [1.807, 2.05) is 24.3 Å². The van der Waals surface area contributed by atoms with Crippen LogP contribution in [0.2, 0.25) is 0 Å². The van der Waals surface area contributed by atoms with Gasteiger partial charge < -0.3 is 20.5 Å². The van der Waals surface area contributed by atoms with Gasteiger partial charge in [0, 0.05) is 25.4 Å². The second-order valence-corrected chi connectivity index (χ2v) is 8.32. The second-order valence-electron chi connectivity index (χ2n) is 8.32. The molecule has 0 fully saturated rings. The topological polar surface area (TPSA) is 105 Å². The van der Waals surface area contributed by atoms with E-state index >= 15 is 0 Å². The van der Waals surface area contributed by atoms with E-state index in [0.717, 1.165) is 11.1 Å². The molecule has 1 aliphatic rings. The van der Waals surface area contributed by atoms with Crippen molar-refractivity contribution in [2.24, 2.45) is 5.41 Å². The van der Waals surface area contributed by atoms with Crippen molar-refractivity contribution >= 4 is 18.0 Å². The predicted molar refractivity (Wildman–Crippen MR) is 117 cm³/mol. The molecule has 3 N–H and O–H groups in total. The number of carbonyl (C=O) groups is 3. The number of amides is 2. The molecule has 7 nitrogen and oxygen atoms in total. The van der Waals surface area contributed by atoms with Gasteiger partial charge in [0.1, 0.15) is 6.61 Å². The molecule has 31 heavy (non-hydrogen) atoms. The van der Waals surface area contributed by atoms with Crippen molar-refractivity contribution in [3.8, 4) is 11.1 Å². The molecule has 0 spiro atoms. The molecular formula is C24H28N2O5. The lowest BCUT2D eigenvalue weighted by atomic mass is 9.94. The maximum atomic E-state index is 12.1. The number of carbonyl (C=O) groups excluding carboxylic acids is 2. The maximum Gasteiger partial charge on any atom is 0.407 e. The monoisotopic (exact) mass is 424 g/mol. The second kappa shape index (κ2) is 9.64. The van der Waals surface area contributed by atoms with Crippen LogP contribution in [0.25, 0.3) is 11.1 Å². The first-order valence-electron chi connectivity index (χ1n) is 10.4. The van der Waals surface area contributed by atoms with Crippen molar-refractivity contribution in [1.82, 2.24) is 10.6 Å². The standard InChI is InChI=1S/C24H28N2O5/c1-24(2,22(28)29)15-26-21(27)12-7-13-25-23(30)31-14-20-18-10-5-3-8-16(18)17-9-4-6-11-19(17)20/h3-6,8-11,20H,7,12-15H2,1-2H3,(H,25,30)(H,26,27)(H,28,29). The summed E-state index contributed by atoms with van der Waals surface area (Å²) in [6, 6.07) is 16.3. The molecule has 2 aromatic carbocycles. The normalized spacial score (nSPS) is 12.6. The third-order valence-electron chi connectivity index (χ3n) is 5.50. The number of hydrogen-bond acceptors (Lipinski definition) is 4. The van der Waals surface area contributed by atoms with Crippen LogP contribution in [0.1, 0.15) is 43.7 Å². The maximum absolute atomic E-state index is 12.1. The molecule has 0 bridgehead atoms. The number of carboxylic acid groups (broad SMARTS) is 1. The van der Waals surface area contributed by atoms with Crippen molar-refractivity contribution in [1.29, 1.82) is 0 Å². The van der Waals surface area contributed by atoms with Crippen LogP contribution >= 0.6 is 0 Å². The number of hydrogen-bond donors (Lipinski definition) is 3. The first kappa shape index (κ1) is 22.3. The Kier molecular flexibility index (Phi) is 6.95. The molecule has 0 aromatic heterocycles. The van der Waals surface area contributed by atoms with E-state index < -0.39 is 17.5 Å². The quantitative estimate of drug-likeness (QED) is 0.534. The zero-order chi connectivity index (χ0) is 22.4. The van der Waals surface area contributed by atoms with Gasteiger partial charge in [-0.05, 0) is 42.5 Å². The molecule has 0 aliphatic heterocycles. The third-order valence-corrected chi connectivity index (χ3v) is 5.50. The molecule has 0 heterocycles. The van der Waals surface area contributed by atoms with E-state index in [1.165, 1.54) is 11.1 Å². The summed E-state index contributed by atoms with van der Waals surface area (Å²) in [5.74, 6) is -1.21. The van der Waals surface area contributed by atoms with Gasteiger partial charge in [-0.25, -0.2) is 4.79 Å². The highest BCUT2D eigenvalue weighted by Crippen LogP contribution is 2.44. The lowest BCUT2D eigenvalue weighted by Crippen LogP contribution is -2.39. The van der Waals surface area contributed by atoms with E-state index in [0.29, 0.717) is 13.0 Å². The Morgan fingerprint density at radius 3 is 2.13 bits per heavy atom. The summed E-state index contributed by atoms with van der Waals surface area (Å²) in [6.45, 7) is 3.70. The van der Waals surface area contributed by atoms with Gasteiger partial charge in [0.05, 0.1) is 5.41 Å². The number of alkyl carbamates (subject to hydrolysis) is 1. The number of carboxylic acids is 1. The Balaban J connectivity index is 1.40. The Bertz CT molecular complexity index is 924. The number of aliphatic carboxylic acids is 1. The fourth-order valence-corrected chi connectivity index (χ4v) is 3.57. The average Bonchev–Trinajstić information content (AvgIpc) is 3.07. The Morgan fingerprint density at radius 2 is 1.55 bits per heavy atom. The summed E-state index contributed by atoms with van der Waals surface area (Å²) in [4.78, 5) is 35.0. The van der Waals surface area contributed by atoms with Crippen molar-refractivity contribution < 1.29 is 24.2 Å². The summed E-state index contributed by atoms with van der Waals surface area (Å²) in [6.07, 6.45) is 0.109. The molecule has 1 aliphatic carbocycles. The average molecular weight is 424 g/mol. The molecule has 0 saturated heterocycles. The van der Waals surface area contributed by atoms with Crippen LogP contribution in [-0.2, 0) is 14.3 Å². The first-order chi connectivity index (χ1) is 14.8. The van der Waals surface area contributed by atoms with E-state index in [4.69, 9.17) is 9.84 Å². The van der Waals surface area contributed by atoms with Gasteiger partial charge >= 0.3 is 12.1 Å². The molecular weight excluding hydrogens is 396 g/mol. The van der Waals surface area contributed by atoms with Crippen LogP contribution in [-0.4, -0.2) is 42.8 Å². The first-order valence-corrected chi connectivity index (χ1v) is 10.4. The van der Waals surface area contributed by atoms with E-state index in [-0.39, 0.29) is 31.4 Å². The SMILES string of the molecule is CC(C)(CNC(=O)CCCNC(=O)OCC1c2ccccc2-c2ccccc21)C(=O)O. The van der Waals surface area contributed by atoms with Crippen LogP contribution in [0.15, 0.2) is 48.5 Å². The van der Waals surface area contributed by atoms with Gasteiger partial charge in [-0.1, -0.05) is 48.5 Å². The van der Waals surface area contributed by atoms with Gasteiger partial charge in [-0.15, -0.1) is 0 Å². The lowest BCUT2D eigenvalue weighted by molar-refractivity contribution is -0.146. The largest absolute Gasteiger partial charge is 0.481 e. The molecule has 0 radical (unpaired) electrons. The Labute approximate surface area is 181 Å². The highest BCUT2D eigenvalue weighted by Gasteiger charge is 2.29. The summed E-state index contributed by atoms with van der Waals surface area (Å²) in [7, 11) is 0. The number of fused-ring (bicyclic) bond motifs is 3. The number of rotatable bonds is 9. The molecule has 2 aromatic rings. The van der Waals surface area contributed by atoms with Crippen molar-refractivity contribution in [3.63, 3.8) is 0 Å². The predicted octanol–water partition coefficient (Wildman–Crippen LogP) is 3.53. The fraction of sp³-hybridized carbons (Fsp3) is 0.375. The minimum atomic E-state index is -1.02. The fourth-order valence-electron chi connectivity index (χ4n) is 3.57. The number of nitrogens with one attached hydrogen (secondary N) is 2. The minimum absolute atomic E-state index is 0.00140. The molecule has 7 heteroatoms. The lowest BCUT2D eigenvalue weighted by Gasteiger charge is -2.19. The van der Waals surface area contributed by atoms with Gasteiger partial charge in [-0.2, -0.15) is 0 Å². The minimum Gasteiger partial charge on any atom is -0.481 e. The molecule has 0 saturated carbocycles. The van der Waals surface area contributed by atoms with E-state index in [1.54, 1.807) is 13.8 Å². The van der Waals surface area contributed by atoms with Crippen LogP contribution in [0.5, 0.6) is 0 Å². The van der Waals surface area contributed by atoms with E-state index in [9.17, 15) is 14.4 Å². The highest BCUT2D eigenvalue weighted by atomic mass is 16.5. The van der Waals surface area contributed by atoms with Crippen LogP contribution in [0.3, 0.4) is 0 Å². The summed E-state index contributed by atoms with van der Waals surface area (Å²) >= 11 is 0. The van der Waals surface area contributed by atoms with Gasteiger partial charge in [0.25, 0.3) is 0 Å². The van der Waals surface area contributed by atoms with Crippen LogP contribution < -0.4 is 10.6 Å². The number of benzene rings is 2. The van der Waals surface area contributed by atoms with Gasteiger partial charge in [0.2, 0.25) is 5.91 Å². The van der Waals surface area contributed by atoms with Gasteiger partial charge in [-0.3, -0.25) is 9.59 Å². The Morgan fingerprint density at radius 1 is 0.968 bits per heavy atom. The van der Waals surface area contributed by atoms with E-state index in [2.05, 4.69) is 34.9 Å². The summed E-state index contributed by atoms with van der Waals surface area (Å²) in [5.41, 5.74) is 3.62. The van der Waals surface area contributed by atoms with Crippen molar-refractivity contribution in [2.45, 2.75) is 32.6 Å². The smallest absolute Gasteiger partial charge is 0.407 e. The zero-order valence-corrected chi connectivity index (χ0v) is 17.8. The molecule has 2 amide bonds. The third kappa shape index (κ3) is 5.42. The Hall–Kier alpha value is -3.35. The summed E-state index contributed by atoms with van der Waals surface area (Å²) < 4.78 is 5.45. The molecule has 0 unspecified atom stereocenters. The van der Waals surface area contributed by atoms with Crippen molar-refractivity contribution in [2.75, 3.05) is 19.7 Å². The number of ether oxygens (including phenoxy) is 1. The molecule has 3 rings (SSSR count). The van der Waals surface area contributed by atoms with Gasteiger partial charge in [0.15, 0.2) is 0 Å².